The van der Waals surface area contributed by atoms with Crippen LogP contribution in [0, 0.1) is 13.8 Å². The topological polar surface area (TPSA) is 152 Å². The summed E-state index contributed by atoms with van der Waals surface area (Å²) in [6.45, 7) is 4.23. The molecule has 2 fully saturated rings. The van der Waals surface area contributed by atoms with Crippen LogP contribution in [0.5, 0.6) is 46.0 Å². The number of hydrogen-bond acceptors (Lipinski definition) is 14. The second-order valence-corrected chi connectivity index (χ2v) is 16.9. The largest absolute Gasteiger partial charge is 0.504 e. The quantitative estimate of drug-likeness (QED) is 0.198. The number of fused-ring (bicyclic) bond motifs is 9. The fraction of sp³-hybridized carbons (Fsp3) is 0.419. The number of aliphatic hydroxyl groups excluding tert-OH is 1. The van der Waals surface area contributed by atoms with Crippen LogP contribution in [0.3, 0.4) is 0 Å². The summed E-state index contributed by atoms with van der Waals surface area (Å²) in [6.07, 6.45) is 0.0723. The number of hydrogen-bond donors (Lipinski definition) is 4. The molecule has 7 aliphatic heterocycles. The van der Waals surface area contributed by atoms with Crippen molar-refractivity contribution in [3.8, 4) is 46.0 Å². The number of para-hydroxylation sites is 1. The Hall–Kier alpha value is -4.86. The number of ether oxygens (including phenoxy) is 6. The van der Waals surface area contributed by atoms with E-state index in [1.165, 1.54) is 7.11 Å². The molecule has 14 heteroatoms. The molecule has 13 nitrogen and oxygen atoms in total. The van der Waals surface area contributed by atoms with E-state index in [2.05, 4.69) is 21.2 Å². The fourth-order valence-corrected chi connectivity index (χ4v) is 12.1. The first-order valence-corrected chi connectivity index (χ1v) is 20.3. The zero-order valence-electron chi connectivity index (χ0n) is 32.3. The molecule has 4 aromatic carbocycles. The summed E-state index contributed by atoms with van der Waals surface area (Å²) in [6, 6.07) is 13.1. The Bertz CT molecular complexity index is 2320. The summed E-state index contributed by atoms with van der Waals surface area (Å²) in [5, 5.41) is 38.7. The van der Waals surface area contributed by atoms with E-state index in [4.69, 9.17) is 28.4 Å². The van der Waals surface area contributed by atoms with Crippen LogP contribution in [0.15, 0.2) is 48.5 Å². The van der Waals surface area contributed by atoms with Crippen molar-refractivity contribution in [1.82, 2.24) is 15.1 Å². The summed E-state index contributed by atoms with van der Waals surface area (Å²) in [4.78, 5) is 19.1. The Kier molecular flexibility index (Phi) is 8.54. The second-order valence-electron chi connectivity index (χ2n) is 15.8. The van der Waals surface area contributed by atoms with Crippen molar-refractivity contribution in [2.75, 3.05) is 47.0 Å². The molecule has 57 heavy (non-hydrogen) atoms. The predicted octanol–water partition coefficient (Wildman–Crippen LogP) is 5.28. The van der Waals surface area contributed by atoms with Gasteiger partial charge in [-0.3, -0.25) is 15.1 Å². The molecule has 2 saturated heterocycles. The molecule has 0 aliphatic carbocycles. The molecular weight excluding hydrogens is 751 g/mol. The number of phenols is 2. The van der Waals surface area contributed by atoms with Gasteiger partial charge < -0.3 is 43.7 Å². The summed E-state index contributed by atoms with van der Waals surface area (Å²) < 4.78 is 37.2. The van der Waals surface area contributed by atoms with Crippen LogP contribution in [-0.4, -0.2) is 96.4 Å². The Morgan fingerprint density at radius 1 is 0.947 bits per heavy atom. The van der Waals surface area contributed by atoms with E-state index in [1.54, 1.807) is 31.0 Å². The number of aromatic hydroxyl groups is 2. The molecule has 7 aliphatic rings. The van der Waals surface area contributed by atoms with Crippen LogP contribution in [0.1, 0.15) is 61.8 Å². The highest BCUT2D eigenvalue weighted by atomic mass is 32.2. The Morgan fingerprint density at radius 3 is 2.51 bits per heavy atom. The number of thioether (sulfide) groups is 1. The number of methoxy groups -OCH3 is 2. The van der Waals surface area contributed by atoms with Gasteiger partial charge in [-0.1, -0.05) is 24.3 Å². The van der Waals surface area contributed by atoms with Gasteiger partial charge in [0.05, 0.1) is 37.6 Å². The Balaban J connectivity index is 1.25. The first-order chi connectivity index (χ1) is 27.6. The first-order valence-electron chi connectivity index (χ1n) is 19.3. The number of aryl methyl sites for hydroxylation is 1. The number of carbonyl (C=O) groups is 1. The maximum atomic E-state index is 14.8. The normalized spacial score (nSPS) is 28.5. The van der Waals surface area contributed by atoms with Gasteiger partial charge in [0.2, 0.25) is 6.79 Å². The average molecular weight is 796 g/mol. The van der Waals surface area contributed by atoms with Gasteiger partial charge >= 0.3 is 5.97 Å². The maximum absolute atomic E-state index is 14.8. The van der Waals surface area contributed by atoms with Gasteiger partial charge in [0.1, 0.15) is 24.3 Å². The zero-order chi connectivity index (χ0) is 39.5. The van der Waals surface area contributed by atoms with E-state index in [1.807, 2.05) is 51.2 Å². The van der Waals surface area contributed by atoms with Gasteiger partial charge in [-0.15, -0.1) is 11.8 Å². The van der Waals surface area contributed by atoms with E-state index in [0.29, 0.717) is 53.7 Å². The molecule has 11 rings (SSSR count). The molecule has 4 N–H and O–H groups in total. The van der Waals surface area contributed by atoms with E-state index in [9.17, 15) is 20.1 Å². The minimum Gasteiger partial charge on any atom is -0.504 e. The smallest absolute Gasteiger partial charge is 0.331 e. The third-order valence-corrected chi connectivity index (χ3v) is 14.5. The number of likely N-dealkylation sites (N-methyl/N-ethyl adjacent to an activating group) is 1. The third kappa shape index (κ3) is 5.13. The number of piperazine rings is 1. The van der Waals surface area contributed by atoms with E-state index >= 15 is 0 Å². The summed E-state index contributed by atoms with van der Waals surface area (Å²) in [5.74, 6) is 2.82. The lowest BCUT2D eigenvalue weighted by molar-refractivity contribution is -0.186. The van der Waals surface area contributed by atoms with E-state index in [-0.39, 0.29) is 42.4 Å². The van der Waals surface area contributed by atoms with E-state index in [0.717, 1.165) is 38.9 Å². The van der Waals surface area contributed by atoms with Crippen LogP contribution < -0.4 is 29.0 Å². The molecule has 0 aromatic heterocycles. The SMILES string of the molecule is COc1cc2c(cc1O)CCN[C@]21CS[C@@H]2c3c(Oc4ccccc4)c(C)c4c(c3[C@H](COC1=O)N1C2[C@@H]2c3c(cc(C)c(OC)c3O)C[C@H]([C@@H]1O)N2C)OCO4. The maximum Gasteiger partial charge on any atom is 0.331 e. The minimum absolute atomic E-state index is 0.000573. The van der Waals surface area contributed by atoms with Crippen molar-refractivity contribution in [3.63, 3.8) is 0 Å². The fourth-order valence-electron chi connectivity index (χ4n) is 10.5. The molecule has 0 radical (unpaired) electrons. The van der Waals surface area contributed by atoms with Gasteiger partial charge in [0, 0.05) is 40.6 Å². The van der Waals surface area contributed by atoms with Crippen molar-refractivity contribution in [2.45, 2.75) is 67.9 Å². The van der Waals surface area contributed by atoms with E-state index < -0.39 is 41.1 Å². The van der Waals surface area contributed by atoms with Crippen LogP contribution in [-0.2, 0) is 27.9 Å². The van der Waals surface area contributed by atoms with Crippen LogP contribution in [0.25, 0.3) is 0 Å². The van der Waals surface area contributed by atoms with Crippen molar-refractivity contribution in [1.29, 1.82) is 0 Å². The summed E-state index contributed by atoms with van der Waals surface area (Å²) in [7, 11) is 5.06. The van der Waals surface area contributed by atoms with Gasteiger partial charge in [-0.05, 0) is 80.3 Å². The monoisotopic (exact) mass is 795 g/mol. The molecule has 4 aromatic rings. The Labute approximate surface area is 334 Å². The first kappa shape index (κ1) is 36.5. The van der Waals surface area contributed by atoms with Crippen molar-refractivity contribution < 1.29 is 48.5 Å². The standard InChI is InChI=1S/C43H45N3O10S/c1-20-13-23-14-26-41(49)46-27-17-53-42(50)43(25-16-29(51-4)28(47)15-22(25)11-12-44-43)18-57-40(34(46)33(45(26)3)30(23)35(48)36(20)52-5)32-31(27)39-38(54-19-55-39)21(2)37(32)56-24-9-7-6-8-10-24/h6-10,13,15-16,26-27,33-34,40-41,44,47-49H,11-12,14,17-19H2,1-5H3/t26-,27+,33+,34?,40-,41+,43-/m1/s1. The van der Waals surface area contributed by atoms with Gasteiger partial charge in [0.25, 0.3) is 0 Å². The number of phenolic OH excluding ortho intramolecular Hbond substituents is 2. The molecular formula is C43H45N3O10S. The highest BCUT2D eigenvalue weighted by Crippen LogP contribution is 2.65. The van der Waals surface area contributed by atoms with Gasteiger partial charge in [-0.25, -0.2) is 4.79 Å². The molecule has 298 valence electrons. The lowest BCUT2D eigenvalue weighted by Crippen LogP contribution is -2.70. The van der Waals surface area contributed by atoms with Crippen molar-refractivity contribution >= 4 is 17.7 Å². The molecule has 0 saturated carbocycles. The second kappa shape index (κ2) is 13.3. The molecule has 4 bridgehead atoms. The predicted molar refractivity (Wildman–Crippen MR) is 210 cm³/mol. The van der Waals surface area contributed by atoms with Crippen molar-refractivity contribution in [3.05, 3.63) is 93.0 Å². The van der Waals surface area contributed by atoms with Gasteiger partial charge in [0.15, 0.2) is 40.0 Å². The molecule has 7 heterocycles. The number of benzene rings is 4. The highest BCUT2D eigenvalue weighted by molar-refractivity contribution is 7.99. The molecule has 1 unspecified atom stereocenters. The Morgan fingerprint density at radius 2 is 1.74 bits per heavy atom. The van der Waals surface area contributed by atoms with Crippen LogP contribution in [0.4, 0.5) is 0 Å². The lowest BCUT2D eigenvalue weighted by atomic mass is 9.73. The molecule has 7 atom stereocenters. The third-order valence-electron chi connectivity index (χ3n) is 13.0. The average Bonchev–Trinajstić information content (AvgIpc) is 3.70. The summed E-state index contributed by atoms with van der Waals surface area (Å²) >= 11 is 1.56. The summed E-state index contributed by atoms with van der Waals surface area (Å²) in [5.41, 5.74) is 5.07. The van der Waals surface area contributed by atoms with Crippen LogP contribution in [0.2, 0.25) is 0 Å². The molecule has 1 spiro atoms. The molecule has 0 amide bonds. The highest BCUT2D eigenvalue weighted by Gasteiger charge is 2.61. The zero-order valence-corrected chi connectivity index (χ0v) is 33.1. The van der Waals surface area contributed by atoms with Crippen LogP contribution >= 0.6 is 11.8 Å². The van der Waals surface area contributed by atoms with Gasteiger partial charge in [-0.2, -0.15) is 0 Å². The van der Waals surface area contributed by atoms with Crippen molar-refractivity contribution in [2.24, 2.45) is 0 Å². The number of carbonyl (C=O) groups excluding carboxylic acids is 1. The number of esters is 1. The number of rotatable bonds is 4. The number of aliphatic hydroxyl groups is 1. The minimum atomic E-state index is -1.32. The number of nitrogens with one attached hydrogen (secondary N) is 1. The number of nitrogens with zero attached hydrogens (tertiary/aromatic N) is 2. The lowest BCUT2D eigenvalue weighted by Gasteiger charge is -2.62.